The number of halogens is 1. The molecule has 28 heavy (non-hydrogen) atoms. The van der Waals surface area contributed by atoms with Crippen LogP contribution in [0.15, 0.2) is 48.5 Å². The Kier molecular flexibility index (Phi) is 7.80. The molecule has 2 aromatic carbocycles. The molecule has 0 aliphatic heterocycles. The number of rotatable bonds is 9. The van der Waals surface area contributed by atoms with Crippen molar-refractivity contribution in [3.8, 4) is 11.5 Å². The molecule has 1 atom stereocenters. The number of para-hydroxylation sites is 1. The lowest BCUT2D eigenvalue weighted by molar-refractivity contribution is -0.147. The number of amides is 1. The summed E-state index contributed by atoms with van der Waals surface area (Å²) in [5, 5.41) is 2.70. The molecule has 0 saturated heterocycles. The first-order valence-electron chi connectivity index (χ1n) is 8.91. The van der Waals surface area contributed by atoms with Crippen molar-refractivity contribution in [3.05, 3.63) is 59.9 Å². The predicted molar refractivity (Wildman–Crippen MR) is 102 cm³/mol. The molecule has 2 aromatic rings. The highest BCUT2D eigenvalue weighted by molar-refractivity contribution is 5.99. The Labute approximate surface area is 163 Å². The van der Waals surface area contributed by atoms with Crippen molar-refractivity contribution in [3.63, 3.8) is 0 Å². The fraction of sp³-hybridized carbons (Fsp3) is 0.333. The van der Waals surface area contributed by atoms with Crippen LogP contribution in [0.25, 0.3) is 0 Å². The van der Waals surface area contributed by atoms with E-state index < -0.39 is 17.9 Å². The van der Waals surface area contributed by atoms with Crippen molar-refractivity contribution in [1.29, 1.82) is 0 Å². The maximum Gasteiger partial charge on any atom is 0.329 e. The highest BCUT2D eigenvalue weighted by Gasteiger charge is 2.27. The first kappa shape index (κ1) is 21.2. The van der Waals surface area contributed by atoms with E-state index in [1.807, 2.05) is 13.8 Å². The Morgan fingerprint density at radius 3 is 2.36 bits per heavy atom. The molecule has 6 nitrogen and oxygen atoms in total. The van der Waals surface area contributed by atoms with Gasteiger partial charge in [0.15, 0.2) is 0 Å². The Morgan fingerprint density at radius 2 is 1.71 bits per heavy atom. The molecule has 2 rings (SSSR count). The number of methoxy groups -OCH3 is 1. The summed E-state index contributed by atoms with van der Waals surface area (Å²) in [6.07, 6.45) is 0. The standard InChI is InChI=1S/C21H24FNO5/c1-14(2)19(23-20(24)17-6-4-5-7-18(17)26-3)21(25)28-13-12-27-16-10-8-15(22)9-11-16/h4-11,14,19H,12-13H2,1-3H3,(H,23,24)/t19-/m0/s1. The summed E-state index contributed by atoms with van der Waals surface area (Å²) in [6.45, 7) is 3.74. The van der Waals surface area contributed by atoms with Gasteiger partial charge in [0.2, 0.25) is 0 Å². The molecule has 0 bridgehead atoms. The Hall–Kier alpha value is -3.09. The van der Waals surface area contributed by atoms with Gasteiger partial charge in [-0.25, -0.2) is 9.18 Å². The Bertz CT molecular complexity index is 792. The van der Waals surface area contributed by atoms with E-state index in [0.29, 0.717) is 17.1 Å². The molecule has 0 aliphatic carbocycles. The topological polar surface area (TPSA) is 73.9 Å². The zero-order valence-corrected chi connectivity index (χ0v) is 16.1. The number of carbonyl (C=O) groups excluding carboxylic acids is 2. The van der Waals surface area contributed by atoms with E-state index in [1.165, 1.54) is 31.4 Å². The minimum absolute atomic E-state index is 0.00393. The quantitative estimate of drug-likeness (QED) is 0.527. The van der Waals surface area contributed by atoms with Crippen molar-refractivity contribution in [2.45, 2.75) is 19.9 Å². The largest absolute Gasteiger partial charge is 0.496 e. The molecular weight excluding hydrogens is 365 g/mol. The third-order valence-electron chi connectivity index (χ3n) is 3.97. The van der Waals surface area contributed by atoms with Gasteiger partial charge in [0.25, 0.3) is 5.91 Å². The summed E-state index contributed by atoms with van der Waals surface area (Å²) >= 11 is 0. The van der Waals surface area contributed by atoms with Gasteiger partial charge < -0.3 is 19.5 Å². The highest BCUT2D eigenvalue weighted by atomic mass is 19.1. The lowest BCUT2D eigenvalue weighted by atomic mass is 10.0. The number of esters is 1. The van der Waals surface area contributed by atoms with Crippen LogP contribution in [0.3, 0.4) is 0 Å². The van der Waals surface area contributed by atoms with Crippen molar-refractivity contribution in [1.82, 2.24) is 5.32 Å². The third-order valence-corrected chi connectivity index (χ3v) is 3.97. The van der Waals surface area contributed by atoms with Crippen molar-refractivity contribution >= 4 is 11.9 Å². The SMILES string of the molecule is COc1ccccc1C(=O)N[C@H](C(=O)OCCOc1ccc(F)cc1)C(C)C. The van der Waals surface area contributed by atoms with Gasteiger partial charge in [0, 0.05) is 0 Å². The number of nitrogens with one attached hydrogen (secondary N) is 1. The summed E-state index contributed by atoms with van der Waals surface area (Å²) < 4.78 is 28.6. The molecule has 0 unspecified atom stereocenters. The van der Waals surface area contributed by atoms with E-state index in [-0.39, 0.29) is 24.9 Å². The normalized spacial score (nSPS) is 11.6. The lowest BCUT2D eigenvalue weighted by Gasteiger charge is -2.21. The van der Waals surface area contributed by atoms with Crippen LogP contribution in [-0.2, 0) is 9.53 Å². The fourth-order valence-corrected chi connectivity index (χ4v) is 2.47. The zero-order valence-electron chi connectivity index (χ0n) is 16.1. The number of hydrogen-bond acceptors (Lipinski definition) is 5. The minimum atomic E-state index is -0.816. The van der Waals surface area contributed by atoms with E-state index in [2.05, 4.69) is 5.32 Å². The third kappa shape index (κ3) is 5.97. The monoisotopic (exact) mass is 389 g/mol. The van der Waals surface area contributed by atoms with Crippen molar-refractivity contribution in [2.24, 2.45) is 5.92 Å². The molecule has 0 fully saturated rings. The second-order valence-corrected chi connectivity index (χ2v) is 6.37. The van der Waals surface area contributed by atoms with Crippen LogP contribution in [0.2, 0.25) is 0 Å². The zero-order chi connectivity index (χ0) is 20.5. The van der Waals surface area contributed by atoms with Crippen LogP contribution < -0.4 is 14.8 Å². The number of ether oxygens (including phenoxy) is 3. The van der Waals surface area contributed by atoms with Crippen LogP contribution >= 0.6 is 0 Å². The van der Waals surface area contributed by atoms with Gasteiger partial charge in [0.05, 0.1) is 12.7 Å². The molecular formula is C21H24FNO5. The molecule has 7 heteroatoms. The van der Waals surface area contributed by atoms with Crippen LogP contribution in [0.1, 0.15) is 24.2 Å². The molecule has 0 spiro atoms. The van der Waals surface area contributed by atoms with Crippen LogP contribution in [0, 0.1) is 11.7 Å². The van der Waals surface area contributed by atoms with Gasteiger partial charge in [-0.05, 0) is 42.3 Å². The molecule has 0 aliphatic rings. The molecule has 0 aromatic heterocycles. The molecule has 150 valence electrons. The molecule has 0 radical (unpaired) electrons. The van der Waals surface area contributed by atoms with E-state index in [4.69, 9.17) is 14.2 Å². The first-order chi connectivity index (χ1) is 13.4. The van der Waals surface area contributed by atoms with E-state index >= 15 is 0 Å². The summed E-state index contributed by atoms with van der Waals surface area (Å²) in [4.78, 5) is 24.9. The summed E-state index contributed by atoms with van der Waals surface area (Å²) in [5.41, 5.74) is 0.336. The van der Waals surface area contributed by atoms with Crippen LogP contribution in [-0.4, -0.2) is 38.2 Å². The van der Waals surface area contributed by atoms with Crippen molar-refractivity contribution < 1.29 is 28.2 Å². The van der Waals surface area contributed by atoms with Crippen LogP contribution in [0.4, 0.5) is 4.39 Å². The number of hydrogen-bond donors (Lipinski definition) is 1. The molecule has 1 amide bonds. The van der Waals surface area contributed by atoms with Crippen LogP contribution in [0.5, 0.6) is 11.5 Å². The molecule has 0 saturated carbocycles. The highest BCUT2D eigenvalue weighted by Crippen LogP contribution is 2.18. The lowest BCUT2D eigenvalue weighted by Crippen LogP contribution is -2.45. The maximum absolute atomic E-state index is 12.9. The van der Waals surface area contributed by atoms with Gasteiger partial charge >= 0.3 is 5.97 Å². The first-order valence-corrected chi connectivity index (χ1v) is 8.91. The Balaban J connectivity index is 1.89. The Morgan fingerprint density at radius 1 is 1.04 bits per heavy atom. The van der Waals surface area contributed by atoms with Crippen molar-refractivity contribution in [2.75, 3.05) is 20.3 Å². The van der Waals surface area contributed by atoms with Gasteiger partial charge in [-0.1, -0.05) is 26.0 Å². The van der Waals surface area contributed by atoms with E-state index in [0.717, 1.165) is 0 Å². The fourth-order valence-electron chi connectivity index (χ4n) is 2.47. The molecule has 1 N–H and O–H groups in total. The van der Waals surface area contributed by atoms with E-state index in [1.54, 1.807) is 24.3 Å². The minimum Gasteiger partial charge on any atom is -0.496 e. The molecule has 0 heterocycles. The predicted octanol–water partition coefficient (Wildman–Crippen LogP) is 3.21. The van der Waals surface area contributed by atoms with E-state index in [9.17, 15) is 14.0 Å². The maximum atomic E-state index is 12.9. The smallest absolute Gasteiger partial charge is 0.329 e. The number of carbonyl (C=O) groups is 2. The average molecular weight is 389 g/mol. The second kappa shape index (κ2) is 10.3. The van der Waals surface area contributed by atoms with Gasteiger partial charge in [0.1, 0.15) is 36.6 Å². The summed E-state index contributed by atoms with van der Waals surface area (Å²) in [5.74, 6) is -0.615. The van der Waals surface area contributed by atoms with Gasteiger partial charge in [-0.15, -0.1) is 0 Å². The van der Waals surface area contributed by atoms with Gasteiger partial charge in [-0.3, -0.25) is 4.79 Å². The summed E-state index contributed by atoms with van der Waals surface area (Å²) in [7, 11) is 1.47. The number of benzene rings is 2. The summed E-state index contributed by atoms with van der Waals surface area (Å²) in [6, 6.07) is 11.5. The average Bonchev–Trinajstić information content (AvgIpc) is 2.70. The van der Waals surface area contributed by atoms with Gasteiger partial charge in [-0.2, -0.15) is 0 Å². The second-order valence-electron chi connectivity index (χ2n) is 6.37.